The fourth-order valence-electron chi connectivity index (χ4n) is 5.44. The smallest absolute Gasteiger partial charge is 0.416 e. The summed E-state index contributed by atoms with van der Waals surface area (Å²) in [5.41, 5.74) is -3.17. The molecule has 1 saturated carbocycles. The Hall–Kier alpha value is -4.04. The number of carbonyl (C=O) groups is 3. The maximum absolute atomic E-state index is 13.7. The number of nitrogens with zero attached hydrogens (tertiary/aromatic N) is 3. The molecule has 1 N–H and O–H groups in total. The fourth-order valence-corrected chi connectivity index (χ4v) is 5.44. The second-order valence-electron chi connectivity index (χ2n) is 10.7. The summed E-state index contributed by atoms with van der Waals surface area (Å²) in [6.45, 7) is 0.142. The zero-order valence-corrected chi connectivity index (χ0v) is 23.3. The number of hydrogen-bond donors (Lipinski definition) is 1. The minimum absolute atomic E-state index is 0.0128. The third-order valence-corrected chi connectivity index (χ3v) is 7.94. The van der Waals surface area contributed by atoms with Gasteiger partial charge in [-0.05, 0) is 48.7 Å². The summed E-state index contributed by atoms with van der Waals surface area (Å²) < 4.78 is 98.8. The van der Waals surface area contributed by atoms with Gasteiger partial charge in [0.05, 0.1) is 24.3 Å². The van der Waals surface area contributed by atoms with Crippen LogP contribution in [0.3, 0.4) is 0 Å². The van der Waals surface area contributed by atoms with Gasteiger partial charge in [-0.1, -0.05) is 12.1 Å². The first-order chi connectivity index (χ1) is 20.0. The van der Waals surface area contributed by atoms with E-state index in [1.165, 1.54) is 43.3 Å². The Kier molecular flexibility index (Phi) is 8.84. The lowest BCUT2D eigenvalue weighted by atomic mass is 9.79. The SMILES string of the molecule is COC(=O)N[C@H]1C[C@H](C(=O)N2C[C@@H](N(C)C(=O)N(C)c3cc(C(F)(F)F)cc(C(F)(F)F)c3)[C@H](c3ccc(F)cc3)C2)C1. The average Bonchev–Trinajstić information content (AvgIpc) is 3.37. The van der Waals surface area contributed by atoms with Crippen LogP contribution < -0.4 is 10.2 Å². The van der Waals surface area contributed by atoms with Crippen LogP contribution in [0.15, 0.2) is 42.5 Å². The molecule has 2 fully saturated rings. The first-order valence-electron chi connectivity index (χ1n) is 13.2. The van der Waals surface area contributed by atoms with E-state index in [2.05, 4.69) is 10.1 Å². The predicted octanol–water partition coefficient (Wildman–Crippen LogP) is 5.48. The van der Waals surface area contributed by atoms with E-state index >= 15 is 0 Å². The molecular formula is C28H29F7N4O4. The van der Waals surface area contributed by atoms with Crippen LogP contribution in [0.1, 0.15) is 35.4 Å². The molecule has 0 bridgehead atoms. The van der Waals surface area contributed by atoms with Gasteiger partial charge in [0.1, 0.15) is 5.82 Å². The van der Waals surface area contributed by atoms with Gasteiger partial charge in [0.15, 0.2) is 0 Å². The Morgan fingerprint density at radius 2 is 1.47 bits per heavy atom. The van der Waals surface area contributed by atoms with Crippen molar-refractivity contribution in [3.05, 3.63) is 65.0 Å². The molecule has 2 atom stereocenters. The molecule has 234 valence electrons. The Balaban J connectivity index is 1.58. The number of hydrogen-bond acceptors (Lipinski definition) is 4. The van der Waals surface area contributed by atoms with Gasteiger partial charge in [-0.3, -0.25) is 9.69 Å². The van der Waals surface area contributed by atoms with Crippen LogP contribution in [-0.2, 0) is 21.9 Å². The van der Waals surface area contributed by atoms with E-state index in [4.69, 9.17) is 0 Å². The van der Waals surface area contributed by atoms with E-state index in [1.807, 2.05) is 0 Å². The number of carbonyl (C=O) groups excluding carboxylic acids is 3. The Morgan fingerprint density at radius 3 is 1.98 bits per heavy atom. The zero-order chi connectivity index (χ0) is 31.9. The summed E-state index contributed by atoms with van der Waals surface area (Å²) in [7, 11) is 3.61. The van der Waals surface area contributed by atoms with E-state index in [1.54, 1.807) is 0 Å². The molecule has 0 radical (unpaired) electrons. The molecule has 0 unspecified atom stereocenters. The lowest BCUT2D eigenvalue weighted by Gasteiger charge is -2.36. The Bertz CT molecular complexity index is 1330. The number of amides is 4. The number of ether oxygens (including phenoxy) is 1. The van der Waals surface area contributed by atoms with Crippen molar-refractivity contribution in [1.29, 1.82) is 0 Å². The minimum atomic E-state index is -5.10. The highest BCUT2D eigenvalue weighted by atomic mass is 19.4. The number of likely N-dealkylation sites (tertiary alicyclic amines) is 1. The molecule has 1 saturated heterocycles. The van der Waals surface area contributed by atoms with Gasteiger partial charge in [0.2, 0.25) is 5.91 Å². The molecule has 0 spiro atoms. The number of likely N-dealkylation sites (N-methyl/N-ethyl adjacent to an activating group) is 1. The monoisotopic (exact) mass is 618 g/mol. The summed E-state index contributed by atoms with van der Waals surface area (Å²) in [5.74, 6) is -1.70. The molecular weight excluding hydrogens is 589 g/mol. The quantitative estimate of drug-likeness (QED) is 0.450. The maximum atomic E-state index is 13.7. The third kappa shape index (κ3) is 6.96. The van der Waals surface area contributed by atoms with Crippen molar-refractivity contribution >= 4 is 23.7 Å². The zero-order valence-electron chi connectivity index (χ0n) is 23.3. The van der Waals surface area contributed by atoms with Crippen molar-refractivity contribution in [2.75, 3.05) is 39.2 Å². The number of alkyl halides is 6. The van der Waals surface area contributed by atoms with Gasteiger partial charge in [0.25, 0.3) is 0 Å². The van der Waals surface area contributed by atoms with E-state index in [0.717, 1.165) is 11.9 Å². The number of halogens is 7. The lowest BCUT2D eigenvalue weighted by Crippen LogP contribution is -2.51. The highest BCUT2D eigenvalue weighted by Crippen LogP contribution is 2.39. The van der Waals surface area contributed by atoms with E-state index in [9.17, 15) is 45.1 Å². The number of urea groups is 1. The van der Waals surface area contributed by atoms with Crippen molar-refractivity contribution < 1.29 is 49.9 Å². The molecule has 1 aliphatic heterocycles. The molecule has 8 nitrogen and oxygen atoms in total. The predicted molar refractivity (Wildman–Crippen MR) is 140 cm³/mol. The molecule has 43 heavy (non-hydrogen) atoms. The Labute approximate surface area is 242 Å². The van der Waals surface area contributed by atoms with E-state index < -0.39 is 65.0 Å². The second kappa shape index (κ2) is 11.9. The molecule has 4 amide bonds. The van der Waals surface area contributed by atoms with Crippen molar-refractivity contribution in [1.82, 2.24) is 15.1 Å². The van der Waals surface area contributed by atoms with Crippen LogP contribution in [0.2, 0.25) is 0 Å². The van der Waals surface area contributed by atoms with Crippen LogP contribution in [0, 0.1) is 11.7 Å². The molecule has 2 aromatic rings. The lowest BCUT2D eigenvalue weighted by molar-refractivity contribution is -0.143. The largest absolute Gasteiger partial charge is 0.453 e. The summed E-state index contributed by atoms with van der Waals surface area (Å²) in [4.78, 5) is 41.6. The molecule has 2 aromatic carbocycles. The molecule has 15 heteroatoms. The van der Waals surface area contributed by atoms with Crippen LogP contribution in [0.5, 0.6) is 0 Å². The van der Waals surface area contributed by atoms with Crippen LogP contribution >= 0.6 is 0 Å². The molecule has 1 heterocycles. The van der Waals surface area contributed by atoms with Gasteiger partial charge in [-0.2, -0.15) is 26.3 Å². The standard InChI is InChI=1S/C28H29F7N4O4/c1-37(21-11-17(27(30,31)32)10-18(12-21)28(33,34)35)26(42)38(2)23-14-39(13-22(23)15-4-6-19(29)7-5-15)24(40)16-8-20(9-16)36-25(41)43-3/h4-7,10-12,16,20,22-23H,8-9,13-14H2,1-3H3,(H,36,41)/t16-,20-,22-,23+/m0/s1. The molecule has 4 rings (SSSR count). The van der Waals surface area contributed by atoms with Crippen molar-refractivity contribution in [3.63, 3.8) is 0 Å². The summed E-state index contributed by atoms with van der Waals surface area (Å²) >= 11 is 0. The molecule has 0 aromatic heterocycles. The first-order valence-corrected chi connectivity index (χ1v) is 13.2. The highest BCUT2D eigenvalue weighted by Gasteiger charge is 2.45. The van der Waals surface area contributed by atoms with Gasteiger partial charge in [0, 0.05) is 50.7 Å². The number of rotatable bonds is 5. The number of benzene rings is 2. The van der Waals surface area contributed by atoms with Crippen LogP contribution in [-0.4, -0.2) is 74.2 Å². The van der Waals surface area contributed by atoms with Crippen LogP contribution in [0.25, 0.3) is 0 Å². The third-order valence-electron chi connectivity index (χ3n) is 7.94. The molecule has 2 aliphatic rings. The van der Waals surface area contributed by atoms with Crippen molar-refractivity contribution in [2.24, 2.45) is 5.92 Å². The Morgan fingerprint density at radius 1 is 0.907 bits per heavy atom. The number of alkyl carbamates (subject to hydrolysis) is 1. The average molecular weight is 619 g/mol. The minimum Gasteiger partial charge on any atom is -0.453 e. The van der Waals surface area contributed by atoms with Gasteiger partial charge in [-0.15, -0.1) is 0 Å². The normalized spacial score (nSPS) is 22.0. The summed E-state index contributed by atoms with van der Waals surface area (Å²) in [6.07, 6.45) is -10.1. The fraction of sp³-hybridized carbons (Fsp3) is 0.464. The second-order valence-corrected chi connectivity index (χ2v) is 10.7. The van der Waals surface area contributed by atoms with Gasteiger partial charge >= 0.3 is 24.5 Å². The topological polar surface area (TPSA) is 82.2 Å². The first kappa shape index (κ1) is 31.9. The highest BCUT2D eigenvalue weighted by molar-refractivity contribution is 5.92. The van der Waals surface area contributed by atoms with Crippen LogP contribution in [0.4, 0.5) is 46.0 Å². The number of nitrogens with one attached hydrogen (secondary N) is 1. The van der Waals surface area contributed by atoms with Gasteiger partial charge < -0.3 is 19.9 Å². The molecule has 1 aliphatic carbocycles. The maximum Gasteiger partial charge on any atom is 0.416 e. The number of anilines is 1. The summed E-state index contributed by atoms with van der Waals surface area (Å²) in [5, 5.41) is 2.61. The van der Waals surface area contributed by atoms with E-state index in [0.29, 0.717) is 35.4 Å². The number of methoxy groups -OCH3 is 1. The van der Waals surface area contributed by atoms with E-state index in [-0.39, 0.29) is 31.1 Å². The van der Waals surface area contributed by atoms with Crippen molar-refractivity contribution in [2.45, 2.75) is 43.2 Å². The van der Waals surface area contributed by atoms with Gasteiger partial charge in [-0.25, -0.2) is 14.0 Å². The van der Waals surface area contributed by atoms with Crippen molar-refractivity contribution in [3.8, 4) is 0 Å². The summed E-state index contributed by atoms with van der Waals surface area (Å²) in [6, 6.07) is 4.38.